The molecule has 0 unspecified atom stereocenters. The van der Waals surface area contributed by atoms with E-state index in [9.17, 15) is 4.79 Å². The maximum absolute atomic E-state index is 12.3. The Labute approximate surface area is 100 Å². The maximum Gasteiger partial charge on any atom is 0.213 e. The van der Waals surface area contributed by atoms with Gasteiger partial charge in [-0.3, -0.25) is 4.79 Å². The number of nitrogens with two attached hydrogens (primary N) is 1. The summed E-state index contributed by atoms with van der Waals surface area (Å²) >= 11 is 0. The van der Waals surface area contributed by atoms with Gasteiger partial charge in [0.2, 0.25) is 5.78 Å². The third-order valence-electron chi connectivity index (χ3n) is 2.87. The topological polar surface area (TPSA) is 60.9 Å². The second-order valence-electron chi connectivity index (χ2n) is 4.15. The molecule has 0 radical (unpaired) electrons. The molecule has 2 rings (SSSR count). The van der Waals surface area contributed by atoms with Crippen LogP contribution in [0.5, 0.6) is 0 Å². The van der Waals surface area contributed by atoms with Gasteiger partial charge in [0, 0.05) is 12.6 Å². The van der Waals surface area contributed by atoms with Crippen molar-refractivity contribution in [2.75, 3.05) is 5.73 Å². The van der Waals surface area contributed by atoms with Gasteiger partial charge in [-0.15, -0.1) is 0 Å². The quantitative estimate of drug-likeness (QED) is 0.799. The van der Waals surface area contributed by atoms with Crippen LogP contribution in [0.2, 0.25) is 0 Å². The standard InChI is InChI=1S/C13H15N3O/c1-8-4-6-10(7-5-8)12(17)11-13(14)15-9(2)16(11)3/h4-7H,14H2,1-3H3. The number of ketones is 1. The summed E-state index contributed by atoms with van der Waals surface area (Å²) in [5, 5.41) is 0. The molecule has 2 N–H and O–H groups in total. The molecule has 1 heterocycles. The summed E-state index contributed by atoms with van der Waals surface area (Å²) in [5.41, 5.74) is 7.96. The lowest BCUT2D eigenvalue weighted by molar-refractivity contribution is 0.103. The SMILES string of the molecule is Cc1ccc(C(=O)c2c(N)nc(C)n2C)cc1. The monoisotopic (exact) mass is 229 g/mol. The molecule has 0 aliphatic rings. The Morgan fingerprint density at radius 1 is 1.24 bits per heavy atom. The summed E-state index contributed by atoms with van der Waals surface area (Å²) in [7, 11) is 1.79. The molecule has 0 fully saturated rings. The summed E-state index contributed by atoms with van der Waals surface area (Å²) in [6, 6.07) is 7.43. The smallest absolute Gasteiger partial charge is 0.213 e. The molecular formula is C13H15N3O. The van der Waals surface area contributed by atoms with Crippen LogP contribution in [0, 0.1) is 13.8 Å². The zero-order valence-electron chi connectivity index (χ0n) is 10.2. The molecule has 17 heavy (non-hydrogen) atoms. The number of nitrogens with zero attached hydrogens (tertiary/aromatic N) is 2. The molecule has 0 saturated carbocycles. The Morgan fingerprint density at radius 3 is 2.29 bits per heavy atom. The molecule has 1 aromatic heterocycles. The number of aryl methyl sites for hydroxylation is 2. The van der Waals surface area contributed by atoms with Crippen LogP contribution in [0.1, 0.15) is 27.4 Å². The number of imidazole rings is 1. The molecule has 0 atom stereocenters. The highest BCUT2D eigenvalue weighted by molar-refractivity contribution is 6.10. The van der Waals surface area contributed by atoms with Crippen molar-refractivity contribution >= 4 is 11.6 Å². The van der Waals surface area contributed by atoms with Gasteiger partial charge in [-0.05, 0) is 13.8 Å². The van der Waals surface area contributed by atoms with E-state index >= 15 is 0 Å². The number of anilines is 1. The highest BCUT2D eigenvalue weighted by Crippen LogP contribution is 2.17. The molecule has 0 bridgehead atoms. The van der Waals surface area contributed by atoms with Crippen LogP contribution in [0.15, 0.2) is 24.3 Å². The molecule has 2 aromatic rings. The lowest BCUT2D eigenvalue weighted by Crippen LogP contribution is -2.10. The molecule has 0 aliphatic heterocycles. The van der Waals surface area contributed by atoms with Crippen LogP contribution in [0.3, 0.4) is 0 Å². The van der Waals surface area contributed by atoms with Crippen molar-refractivity contribution in [2.45, 2.75) is 13.8 Å². The number of carbonyl (C=O) groups excluding carboxylic acids is 1. The first-order chi connectivity index (χ1) is 8.00. The summed E-state index contributed by atoms with van der Waals surface area (Å²) in [6.07, 6.45) is 0. The van der Waals surface area contributed by atoms with Gasteiger partial charge in [-0.1, -0.05) is 29.8 Å². The zero-order valence-corrected chi connectivity index (χ0v) is 10.2. The third kappa shape index (κ3) is 1.93. The van der Waals surface area contributed by atoms with Crippen molar-refractivity contribution in [3.8, 4) is 0 Å². The van der Waals surface area contributed by atoms with Crippen molar-refractivity contribution in [2.24, 2.45) is 7.05 Å². The number of carbonyl (C=O) groups is 1. The van der Waals surface area contributed by atoms with E-state index in [1.807, 2.05) is 26.0 Å². The first-order valence-corrected chi connectivity index (χ1v) is 5.41. The van der Waals surface area contributed by atoms with Crippen molar-refractivity contribution < 1.29 is 4.79 Å². The largest absolute Gasteiger partial charge is 0.382 e. The number of hydrogen-bond acceptors (Lipinski definition) is 3. The van der Waals surface area contributed by atoms with Crippen molar-refractivity contribution in [3.05, 3.63) is 46.9 Å². The minimum atomic E-state index is -0.0920. The van der Waals surface area contributed by atoms with E-state index in [1.165, 1.54) is 0 Å². The highest BCUT2D eigenvalue weighted by Gasteiger charge is 2.18. The van der Waals surface area contributed by atoms with E-state index in [2.05, 4.69) is 4.98 Å². The minimum Gasteiger partial charge on any atom is -0.382 e. The highest BCUT2D eigenvalue weighted by atomic mass is 16.1. The Morgan fingerprint density at radius 2 is 1.82 bits per heavy atom. The van der Waals surface area contributed by atoms with Crippen LogP contribution >= 0.6 is 0 Å². The van der Waals surface area contributed by atoms with Crippen LogP contribution in [0.4, 0.5) is 5.82 Å². The van der Waals surface area contributed by atoms with Crippen molar-refractivity contribution in [1.29, 1.82) is 0 Å². The van der Waals surface area contributed by atoms with E-state index in [4.69, 9.17) is 5.73 Å². The van der Waals surface area contributed by atoms with Gasteiger partial charge in [-0.25, -0.2) is 4.98 Å². The Balaban J connectivity index is 2.47. The third-order valence-corrected chi connectivity index (χ3v) is 2.87. The van der Waals surface area contributed by atoms with Gasteiger partial charge < -0.3 is 10.3 Å². The van der Waals surface area contributed by atoms with E-state index in [1.54, 1.807) is 23.7 Å². The predicted molar refractivity (Wildman–Crippen MR) is 67.0 cm³/mol. The zero-order chi connectivity index (χ0) is 12.6. The molecule has 0 saturated heterocycles. The average Bonchev–Trinajstić information content (AvgIpc) is 2.53. The van der Waals surface area contributed by atoms with Crippen LogP contribution in [-0.2, 0) is 7.05 Å². The molecular weight excluding hydrogens is 214 g/mol. The summed E-state index contributed by atoms with van der Waals surface area (Å²) < 4.78 is 1.72. The van der Waals surface area contributed by atoms with Crippen molar-refractivity contribution in [3.63, 3.8) is 0 Å². The van der Waals surface area contributed by atoms with Gasteiger partial charge >= 0.3 is 0 Å². The Bertz CT molecular complexity index is 567. The van der Waals surface area contributed by atoms with E-state index in [0.29, 0.717) is 11.3 Å². The maximum atomic E-state index is 12.3. The second kappa shape index (κ2) is 4.05. The van der Waals surface area contributed by atoms with Crippen LogP contribution < -0.4 is 5.73 Å². The number of benzene rings is 1. The van der Waals surface area contributed by atoms with Crippen LogP contribution in [-0.4, -0.2) is 15.3 Å². The summed E-state index contributed by atoms with van der Waals surface area (Å²) in [6.45, 7) is 3.80. The number of aromatic nitrogens is 2. The summed E-state index contributed by atoms with van der Waals surface area (Å²) in [5.74, 6) is 0.930. The molecule has 4 heteroatoms. The number of hydrogen-bond donors (Lipinski definition) is 1. The average molecular weight is 229 g/mol. The van der Waals surface area contributed by atoms with Crippen LogP contribution in [0.25, 0.3) is 0 Å². The fourth-order valence-electron chi connectivity index (χ4n) is 1.75. The first kappa shape index (κ1) is 11.4. The minimum absolute atomic E-state index is 0.0920. The molecule has 1 aromatic carbocycles. The van der Waals surface area contributed by atoms with E-state index in [-0.39, 0.29) is 11.6 Å². The van der Waals surface area contributed by atoms with Gasteiger partial charge in [0.1, 0.15) is 11.5 Å². The molecule has 0 aliphatic carbocycles. The fraction of sp³-hybridized carbons (Fsp3) is 0.231. The molecule has 88 valence electrons. The van der Waals surface area contributed by atoms with Gasteiger partial charge in [0.15, 0.2) is 5.82 Å². The number of nitrogen functional groups attached to an aromatic ring is 1. The Kier molecular flexibility index (Phi) is 2.71. The normalized spacial score (nSPS) is 10.5. The summed E-state index contributed by atoms with van der Waals surface area (Å²) in [4.78, 5) is 16.4. The predicted octanol–water partition coefficient (Wildman–Crippen LogP) is 1.85. The van der Waals surface area contributed by atoms with Crippen molar-refractivity contribution in [1.82, 2.24) is 9.55 Å². The Hall–Kier alpha value is -2.10. The van der Waals surface area contributed by atoms with E-state index < -0.39 is 0 Å². The van der Waals surface area contributed by atoms with Gasteiger partial charge in [0.05, 0.1) is 0 Å². The molecule has 0 amide bonds. The van der Waals surface area contributed by atoms with E-state index in [0.717, 1.165) is 11.4 Å². The lowest BCUT2D eigenvalue weighted by atomic mass is 10.1. The van der Waals surface area contributed by atoms with Gasteiger partial charge in [-0.2, -0.15) is 0 Å². The lowest BCUT2D eigenvalue weighted by Gasteiger charge is -2.04. The molecule has 4 nitrogen and oxygen atoms in total. The molecule has 0 spiro atoms. The number of rotatable bonds is 2. The second-order valence-corrected chi connectivity index (χ2v) is 4.15. The first-order valence-electron chi connectivity index (χ1n) is 5.41. The fourth-order valence-corrected chi connectivity index (χ4v) is 1.75. The van der Waals surface area contributed by atoms with Gasteiger partial charge in [0.25, 0.3) is 0 Å².